The highest BCUT2D eigenvalue weighted by molar-refractivity contribution is 7.99. The summed E-state index contributed by atoms with van der Waals surface area (Å²) >= 11 is 1.36. The van der Waals surface area contributed by atoms with Gasteiger partial charge < -0.3 is 9.88 Å². The molecule has 0 unspecified atom stereocenters. The fraction of sp³-hybridized carbons (Fsp3) is 0.273. The van der Waals surface area contributed by atoms with Crippen LogP contribution in [-0.4, -0.2) is 32.2 Å². The van der Waals surface area contributed by atoms with E-state index in [1.807, 2.05) is 73.9 Å². The minimum Gasteiger partial charge on any atom is -0.342 e. The molecule has 3 aromatic rings. The molecule has 0 aliphatic carbocycles. The number of aryl methyl sites for hydroxylation is 1. The summed E-state index contributed by atoms with van der Waals surface area (Å²) in [5, 5.41) is 12.2. The van der Waals surface area contributed by atoms with Gasteiger partial charge in [-0.05, 0) is 32.4 Å². The lowest BCUT2D eigenvalue weighted by molar-refractivity contribution is 0.0936. The van der Waals surface area contributed by atoms with Gasteiger partial charge in [-0.3, -0.25) is 9.59 Å². The van der Waals surface area contributed by atoms with E-state index < -0.39 is 0 Å². The van der Waals surface area contributed by atoms with Crippen molar-refractivity contribution in [3.05, 3.63) is 77.1 Å². The molecule has 1 amide bonds. The molecule has 0 fully saturated rings. The predicted octanol–water partition coefficient (Wildman–Crippen LogP) is 4.07. The Kier molecular flexibility index (Phi) is 6.82. The second-order valence-electron chi connectivity index (χ2n) is 6.67. The molecule has 150 valence electrons. The van der Waals surface area contributed by atoms with Gasteiger partial charge in [-0.2, -0.15) is 0 Å². The van der Waals surface area contributed by atoms with E-state index in [4.69, 9.17) is 0 Å². The van der Waals surface area contributed by atoms with Crippen molar-refractivity contribution in [1.82, 2.24) is 20.1 Å². The van der Waals surface area contributed by atoms with Crippen LogP contribution in [0.15, 0.2) is 59.8 Å². The largest absolute Gasteiger partial charge is 0.342 e. The van der Waals surface area contributed by atoms with Crippen molar-refractivity contribution < 1.29 is 9.59 Å². The standard InChI is InChI=1S/C22H24N4O2S/c1-4-26-20(16(3)23-21(28)18-13-9-8-10-15(18)2)24-25-22(26)29-14-19(27)17-11-6-5-7-12-17/h5-13,16H,4,14H2,1-3H3,(H,23,28)/t16-/m1/s1. The minimum absolute atomic E-state index is 0.0451. The summed E-state index contributed by atoms with van der Waals surface area (Å²) < 4.78 is 1.94. The third kappa shape index (κ3) is 4.92. The van der Waals surface area contributed by atoms with Crippen molar-refractivity contribution in [1.29, 1.82) is 0 Å². The van der Waals surface area contributed by atoms with E-state index in [0.717, 1.165) is 5.56 Å². The van der Waals surface area contributed by atoms with Crippen LogP contribution in [0.1, 0.15) is 52.0 Å². The maximum atomic E-state index is 12.6. The third-order valence-corrected chi connectivity index (χ3v) is 5.58. The molecular formula is C22H24N4O2S. The van der Waals surface area contributed by atoms with Gasteiger partial charge in [0.05, 0.1) is 11.8 Å². The molecule has 0 bridgehead atoms. The van der Waals surface area contributed by atoms with Crippen LogP contribution in [0.4, 0.5) is 0 Å². The quantitative estimate of drug-likeness (QED) is 0.449. The molecule has 0 aliphatic heterocycles. The van der Waals surface area contributed by atoms with Gasteiger partial charge in [-0.15, -0.1) is 10.2 Å². The van der Waals surface area contributed by atoms with Gasteiger partial charge >= 0.3 is 0 Å². The van der Waals surface area contributed by atoms with Crippen LogP contribution in [0, 0.1) is 6.92 Å². The average Bonchev–Trinajstić information content (AvgIpc) is 3.16. The number of Topliss-reactive ketones (excluding diaryl/α,β-unsaturated/α-hetero) is 1. The molecule has 6 nitrogen and oxygen atoms in total. The van der Waals surface area contributed by atoms with Crippen LogP contribution >= 0.6 is 11.8 Å². The van der Waals surface area contributed by atoms with E-state index in [2.05, 4.69) is 15.5 Å². The molecule has 0 saturated heterocycles. The van der Waals surface area contributed by atoms with Crippen LogP contribution < -0.4 is 5.32 Å². The minimum atomic E-state index is -0.311. The Bertz CT molecular complexity index is 1000. The molecule has 1 N–H and O–H groups in total. The molecule has 1 heterocycles. The first kappa shape index (κ1) is 20.8. The second kappa shape index (κ2) is 9.52. The molecule has 1 atom stereocenters. The Labute approximate surface area is 174 Å². The SMILES string of the molecule is CCn1c(SCC(=O)c2ccccc2)nnc1[C@@H](C)NC(=O)c1ccccc1C. The fourth-order valence-corrected chi connectivity index (χ4v) is 3.93. The van der Waals surface area contributed by atoms with Crippen molar-refractivity contribution in [2.24, 2.45) is 0 Å². The average molecular weight is 409 g/mol. The Balaban J connectivity index is 1.69. The number of carbonyl (C=O) groups is 2. The molecule has 2 aromatic carbocycles. The lowest BCUT2D eigenvalue weighted by Crippen LogP contribution is -2.29. The van der Waals surface area contributed by atoms with Gasteiger partial charge in [0.15, 0.2) is 16.8 Å². The Morgan fingerprint density at radius 3 is 2.45 bits per heavy atom. The van der Waals surface area contributed by atoms with Gasteiger partial charge in [0.1, 0.15) is 0 Å². The Morgan fingerprint density at radius 2 is 1.76 bits per heavy atom. The Morgan fingerprint density at radius 1 is 1.07 bits per heavy atom. The zero-order valence-corrected chi connectivity index (χ0v) is 17.6. The molecule has 1 aromatic heterocycles. The van der Waals surface area contributed by atoms with Crippen LogP contribution in [0.5, 0.6) is 0 Å². The lowest BCUT2D eigenvalue weighted by Gasteiger charge is -2.16. The highest BCUT2D eigenvalue weighted by Gasteiger charge is 2.20. The number of rotatable bonds is 8. The smallest absolute Gasteiger partial charge is 0.252 e. The molecular weight excluding hydrogens is 384 g/mol. The lowest BCUT2D eigenvalue weighted by atomic mass is 10.1. The molecule has 0 aliphatic rings. The number of amides is 1. The summed E-state index contributed by atoms with van der Waals surface area (Å²) in [6.07, 6.45) is 0. The Hall–Kier alpha value is -2.93. The van der Waals surface area contributed by atoms with Crippen molar-refractivity contribution >= 4 is 23.5 Å². The van der Waals surface area contributed by atoms with Crippen molar-refractivity contribution in [2.75, 3.05) is 5.75 Å². The van der Waals surface area contributed by atoms with E-state index in [0.29, 0.717) is 28.7 Å². The summed E-state index contributed by atoms with van der Waals surface area (Å²) in [4.78, 5) is 25.0. The fourth-order valence-electron chi connectivity index (χ4n) is 3.03. The highest BCUT2D eigenvalue weighted by atomic mass is 32.2. The summed E-state index contributed by atoms with van der Waals surface area (Å²) in [6.45, 7) is 6.43. The van der Waals surface area contributed by atoms with Crippen LogP contribution in [-0.2, 0) is 6.54 Å². The summed E-state index contributed by atoms with van der Waals surface area (Å²) in [5.74, 6) is 0.856. The molecule has 0 spiro atoms. The first-order chi connectivity index (χ1) is 14.0. The maximum absolute atomic E-state index is 12.6. The monoisotopic (exact) mass is 408 g/mol. The van der Waals surface area contributed by atoms with Gasteiger partial charge in [-0.25, -0.2) is 0 Å². The molecule has 0 radical (unpaired) electrons. The predicted molar refractivity (Wildman–Crippen MR) is 114 cm³/mol. The number of thioether (sulfide) groups is 1. The van der Waals surface area contributed by atoms with Crippen molar-refractivity contribution in [2.45, 2.75) is 38.5 Å². The molecule has 3 rings (SSSR count). The summed E-state index contributed by atoms with van der Waals surface area (Å²) in [7, 11) is 0. The zero-order chi connectivity index (χ0) is 20.8. The number of benzene rings is 2. The van der Waals surface area contributed by atoms with Gasteiger partial charge in [-0.1, -0.05) is 60.3 Å². The second-order valence-corrected chi connectivity index (χ2v) is 7.62. The molecule has 29 heavy (non-hydrogen) atoms. The summed E-state index contributed by atoms with van der Waals surface area (Å²) in [6, 6.07) is 16.4. The number of nitrogens with one attached hydrogen (secondary N) is 1. The normalized spacial score (nSPS) is 11.8. The number of aromatic nitrogens is 3. The molecule has 0 saturated carbocycles. The molecule has 7 heteroatoms. The van der Waals surface area contributed by atoms with E-state index in [1.165, 1.54) is 11.8 Å². The van der Waals surface area contributed by atoms with Gasteiger partial charge in [0.2, 0.25) is 0 Å². The van der Waals surface area contributed by atoms with E-state index in [-0.39, 0.29) is 23.5 Å². The number of nitrogens with zero attached hydrogens (tertiary/aromatic N) is 3. The highest BCUT2D eigenvalue weighted by Crippen LogP contribution is 2.22. The van der Waals surface area contributed by atoms with Crippen LogP contribution in [0.2, 0.25) is 0 Å². The van der Waals surface area contributed by atoms with Gasteiger partial charge in [0, 0.05) is 17.7 Å². The van der Waals surface area contributed by atoms with E-state index in [9.17, 15) is 9.59 Å². The van der Waals surface area contributed by atoms with Crippen molar-refractivity contribution in [3.63, 3.8) is 0 Å². The van der Waals surface area contributed by atoms with E-state index in [1.54, 1.807) is 6.07 Å². The first-order valence-electron chi connectivity index (χ1n) is 9.52. The van der Waals surface area contributed by atoms with Gasteiger partial charge in [0.25, 0.3) is 5.91 Å². The first-order valence-corrected chi connectivity index (χ1v) is 10.5. The maximum Gasteiger partial charge on any atom is 0.252 e. The van der Waals surface area contributed by atoms with E-state index >= 15 is 0 Å². The third-order valence-electron chi connectivity index (χ3n) is 4.61. The number of hydrogen-bond acceptors (Lipinski definition) is 5. The number of ketones is 1. The summed E-state index contributed by atoms with van der Waals surface area (Å²) in [5.41, 5.74) is 2.25. The topological polar surface area (TPSA) is 76.9 Å². The number of carbonyl (C=O) groups excluding carboxylic acids is 2. The van der Waals surface area contributed by atoms with Crippen LogP contribution in [0.3, 0.4) is 0 Å². The van der Waals surface area contributed by atoms with Crippen molar-refractivity contribution in [3.8, 4) is 0 Å². The van der Waals surface area contributed by atoms with Crippen LogP contribution in [0.25, 0.3) is 0 Å². The number of hydrogen-bond donors (Lipinski definition) is 1. The zero-order valence-electron chi connectivity index (χ0n) is 16.8.